The van der Waals surface area contributed by atoms with E-state index in [9.17, 15) is 9.59 Å². The second-order valence-corrected chi connectivity index (χ2v) is 7.58. The molecule has 32 heavy (non-hydrogen) atoms. The number of carbonyl (C=O) groups is 2. The van der Waals surface area contributed by atoms with E-state index in [0.29, 0.717) is 57.3 Å². The van der Waals surface area contributed by atoms with Gasteiger partial charge >= 0.3 is 6.09 Å². The third-order valence-corrected chi connectivity index (χ3v) is 5.47. The molecule has 0 saturated carbocycles. The monoisotopic (exact) mass is 433 g/mol. The Morgan fingerprint density at radius 2 is 1.50 bits per heavy atom. The number of aromatic nitrogens is 1. The topological polar surface area (TPSA) is 75.9 Å². The Labute approximate surface area is 187 Å². The third kappa shape index (κ3) is 4.99. The van der Waals surface area contributed by atoms with Crippen molar-refractivity contribution in [2.45, 2.75) is 19.8 Å². The van der Waals surface area contributed by atoms with Gasteiger partial charge in [0.15, 0.2) is 11.7 Å². The van der Waals surface area contributed by atoms with E-state index in [1.165, 1.54) is 0 Å². The third-order valence-electron chi connectivity index (χ3n) is 5.47. The molecular formula is C25H27N3O4. The maximum absolute atomic E-state index is 12.7. The first kappa shape index (κ1) is 21.6. The Kier molecular flexibility index (Phi) is 6.84. The van der Waals surface area contributed by atoms with Crippen molar-refractivity contribution >= 4 is 12.0 Å². The molecule has 1 aliphatic rings. The molecular weight excluding hydrogens is 406 g/mol. The zero-order valence-electron chi connectivity index (χ0n) is 18.2. The summed E-state index contributed by atoms with van der Waals surface area (Å²) in [5.74, 6) is 1.29. The summed E-state index contributed by atoms with van der Waals surface area (Å²) >= 11 is 0. The number of hydrogen-bond donors (Lipinski definition) is 0. The summed E-state index contributed by atoms with van der Waals surface area (Å²) in [5, 5.41) is 0. The predicted octanol–water partition coefficient (Wildman–Crippen LogP) is 4.24. The Morgan fingerprint density at radius 3 is 2.12 bits per heavy atom. The Bertz CT molecular complexity index is 985. The fourth-order valence-electron chi connectivity index (χ4n) is 3.77. The van der Waals surface area contributed by atoms with Crippen LogP contribution >= 0.6 is 0 Å². The van der Waals surface area contributed by atoms with Crippen LogP contribution in [0.15, 0.2) is 65.1 Å². The maximum atomic E-state index is 12.7. The second kappa shape index (κ2) is 10.1. The number of ether oxygens (including phenoxy) is 1. The van der Waals surface area contributed by atoms with Gasteiger partial charge in [-0.15, -0.1) is 0 Å². The molecule has 0 N–H and O–H groups in total. The fourth-order valence-corrected chi connectivity index (χ4v) is 3.77. The average Bonchev–Trinajstić information content (AvgIpc) is 3.28. The van der Waals surface area contributed by atoms with Gasteiger partial charge in [0.1, 0.15) is 5.69 Å². The number of hydrogen-bond acceptors (Lipinski definition) is 5. The van der Waals surface area contributed by atoms with Crippen molar-refractivity contribution in [2.75, 3.05) is 32.8 Å². The van der Waals surface area contributed by atoms with E-state index in [2.05, 4.69) is 0 Å². The van der Waals surface area contributed by atoms with Crippen LogP contribution in [0.4, 0.5) is 4.79 Å². The number of oxazole rings is 1. The molecule has 2 heterocycles. The van der Waals surface area contributed by atoms with Crippen molar-refractivity contribution in [3.05, 3.63) is 66.6 Å². The highest BCUT2D eigenvalue weighted by Gasteiger charge is 2.25. The lowest BCUT2D eigenvalue weighted by atomic mass is 10.1. The van der Waals surface area contributed by atoms with Crippen molar-refractivity contribution in [2.24, 2.45) is 0 Å². The van der Waals surface area contributed by atoms with Crippen LogP contribution < -0.4 is 0 Å². The van der Waals surface area contributed by atoms with Crippen LogP contribution in [0.25, 0.3) is 22.6 Å². The first-order valence-electron chi connectivity index (χ1n) is 11.0. The summed E-state index contributed by atoms with van der Waals surface area (Å²) in [4.78, 5) is 32.7. The van der Waals surface area contributed by atoms with Crippen LogP contribution in [0.1, 0.15) is 19.2 Å². The summed E-state index contributed by atoms with van der Waals surface area (Å²) < 4.78 is 11.1. The number of benzene rings is 2. The highest BCUT2D eigenvalue weighted by molar-refractivity contribution is 5.78. The molecule has 0 spiro atoms. The SMILES string of the molecule is CCOC(=O)N1CCN(C(=O)CCc2nc(-c3ccccc3)c(-c3ccccc3)o2)CC1. The van der Waals surface area contributed by atoms with Gasteiger partial charge in [0.05, 0.1) is 6.61 Å². The van der Waals surface area contributed by atoms with Crippen LogP contribution in [0, 0.1) is 0 Å². The standard InChI is InChI=1S/C25H27N3O4/c1-2-31-25(30)28-17-15-27(16-18-28)22(29)14-13-21-26-23(19-9-5-3-6-10-19)24(32-21)20-11-7-4-8-12-20/h3-12H,2,13-18H2,1H3. The molecule has 1 aromatic heterocycles. The summed E-state index contributed by atoms with van der Waals surface area (Å²) in [6.07, 6.45) is 0.410. The van der Waals surface area contributed by atoms with Gasteiger partial charge in [-0.25, -0.2) is 9.78 Å². The highest BCUT2D eigenvalue weighted by Crippen LogP contribution is 2.32. The lowest BCUT2D eigenvalue weighted by molar-refractivity contribution is -0.132. The lowest BCUT2D eigenvalue weighted by Crippen LogP contribution is -2.50. The van der Waals surface area contributed by atoms with E-state index in [-0.39, 0.29) is 12.0 Å². The van der Waals surface area contributed by atoms with Gasteiger partial charge in [0, 0.05) is 50.1 Å². The number of carbonyl (C=O) groups excluding carboxylic acids is 2. The van der Waals surface area contributed by atoms with Crippen molar-refractivity contribution in [1.82, 2.24) is 14.8 Å². The van der Waals surface area contributed by atoms with Crippen molar-refractivity contribution in [3.8, 4) is 22.6 Å². The van der Waals surface area contributed by atoms with Gasteiger partial charge in [0.2, 0.25) is 5.91 Å². The van der Waals surface area contributed by atoms with Crippen LogP contribution in [-0.4, -0.2) is 59.6 Å². The Balaban J connectivity index is 1.42. The van der Waals surface area contributed by atoms with Gasteiger partial charge in [-0.1, -0.05) is 60.7 Å². The van der Waals surface area contributed by atoms with E-state index in [1.807, 2.05) is 60.7 Å². The van der Waals surface area contributed by atoms with Gasteiger partial charge in [-0.3, -0.25) is 4.79 Å². The number of rotatable bonds is 6. The molecule has 0 bridgehead atoms. The van der Waals surface area contributed by atoms with E-state index >= 15 is 0 Å². The second-order valence-electron chi connectivity index (χ2n) is 7.58. The van der Waals surface area contributed by atoms with Crippen LogP contribution in [0.2, 0.25) is 0 Å². The van der Waals surface area contributed by atoms with Crippen LogP contribution in [-0.2, 0) is 16.0 Å². The molecule has 2 amide bonds. The van der Waals surface area contributed by atoms with E-state index in [1.54, 1.807) is 16.7 Å². The maximum Gasteiger partial charge on any atom is 0.409 e. The molecule has 166 valence electrons. The molecule has 7 heteroatoms. The normalized spacial score (nSPS) is 13.8. The molecule has 1 aliphatic heterocycles. The minimum atomic E-state index is -0.318. The zero-order valence-corrected chi connectivity index (χ0v) is 18.2. The molecule has 2 aromatic carbocycles. The van der Waals surface area contributed by atoms with E-state index < -0.39 is 0 Å². The number of nitrogens with zero attached hydrogens (tertiary/aromatic N) is 3. The van der Waals surface area contributed by atoms with E-state index in [4.69, 9.17) is 14.1 Å². The minimum Gasteiger partial charge on any atom is -0.450 e. The first-order chi connectivity index (χ1) is 15.7. The summed E-state index contributed by atoms with van der Waals surface area (Å²) in [7, 11) is 0. The predicted molar refractivity (Wildman–Crippen MR) is 121 cm³/mol. The molecule has 1 saturated heterocycles. The summed E-state index contributed by atoms with van der Waals surface area (Å²) in [5.41, 5.74) is 2.71. The molecule has 4 rings (SSSR count). The zero-order chi connectivity index (χ0) is 22.3. The van der Waals surface area contributed by atoms with Crippen molar-refractivity contribution in [3.63, 3.8) is 0 Å². The first-order valence-corrected chi connectivity index (χ1v) is 11.0. The van der Waals surface area contributed by atoms with Gasteiger partial charge in [-0.05, 0) is 6.92 Å². The van der Waals surface area contributed by atoms with Crippen molar-refractivity contribution in [1.29, 1.82) is 0 Å². The summed E-state index contributed by atoms with van der Waals surface area (Å²) in [6.45, 7) is 4.12. The molecule has 0 aliphatic carbocycles. The molecule has 7 nitrogen and oxygen atoms in total. The number of piperazine rings is 1. The van der Waals surface area contributed by atoms with Crippen LogP contribution in [0.5, 0.6) is 0 Å². The van der Waals surface area contributed by atoms with Gasteiger partial charge in [0.25, 0.3) is 0 Å². The minimum absolute atomic E-state index is 0.0363. The van der Waals surface area contributed by atoms with Gasteiger partial charge < -0.3 is 19.0 Å². The smallest absolute Gasteiger partial charge is 0.409 e. The average molecular weight is 434 g/mol. The molecule has 0 radical (unpaired) electrons. The van der Waals surface area contributed by atoms with Crippen LogP contribution in [0.3, 0.4) is 0 Å². The fraction of sp³-hybridized carbons (Fsp3) is 0.320. The van der Waals surface area contributed by atoms with Crippen molar-refractivity contribution < 1.29 is 18.7 Å². The lowest BCUT2D eigenvalue weighted by Gasteiger charge is -2.34. The Morgan fingerprint density at radius 1 is 0.906 bits per heavy atom. The number of aryl methyl sites for hydroxylation is 1. The molecule has 0 atom stereocenters. The van der Waals surface area contributed by atoms with Gasteiger partial charge in [-0.2, -0.15) is 0 Å². The largest absolute Gasteiger partial charge is 0.450 e. The Hall–Kier alpha value is -3.61. The highest BCUT2D eigenvalue weighted by atomic mass is 16.6. The summed E-state index contributed by atoms with van der Waals surface area (Å²) in [6, 6.07) is 19.8. The molecule has 3 aromatic rings. The number of amides is 2. The molecule has 0 unspecified atom stereocenters. The quantitative estimate of drug-likeness (QED) is 0.581. The van der Waals surface area contributed by atoms with E-state index in [0.717, 1.165) is 16.8 Å². The molecule has 1 fully saturated rings.